The molecule has 1 aliphatic carbocycles. The van der Waals surface area contributed by atoms with Crippen LogP contribution in [0.25, 0.3) is 0 Å². The Hall–Kier alpha value is -1.84. The number of hydrogen-bond acceptors (Lipinski definition) is 2. The highest BCUT2D eigenvalue weighted by atomic mass is 16.4. The lowest BCUT2D eigenvalue weighted by Gasteiger charge is -2.04. The van der Waals surface area contributed by atoms with E-state index in [-0.39, 0.29) is 11.8 Å². The quantitative estimate of drug-likeness (QED) is 0.824. The van der Waals surface area contributed by atoms with E-state index in [4.69, 9.17) is 5.11 Å². The SMILES string of the molecule is Cc1ccc(CNC(=O)[C@@H]2C[C@@H]2C(=O)O)cc1. The minimum absolute atomic E-state index is 0.155. The number of rotatable bonds is 4. The van der Waals surface area contributed by atoms with Gasteiger partial charge in [-0.25, -0.2) is 0 Å². The van der Waals surface area contributed by atoms with E-state index >= 15 is 0 Å². The number of carboxylic acids is 1. The van der Waals surface area contributed by atoms with Crippen molar-refractivity contribution in [3.8, 4) is 0 Å². The highest BCUT2D eigenvalue weighted by Gasteiger charge is 2.48. The Balaban J connectivity index is 1.81. The number of aryl methyl sites for hydroxylation is 1. The predicted octanol–water partition coefficient (Wildman–Crippen LogP) is 1.33. The maximum absolute atomic E-state index is 11.6. The second-order valence-electron chi connectivity index (χ2n) is 4.49. The van der Waals surface area contributed by atoms with Gasteiger partial charge in [-0.2, -0.15) is 0 Å². The van der Waals surface area contributed by atoms with Crippen LogP contribution in [0.4, 0.5) is 0 Å². The van der Waals surface area contributed by atoms with Gasteiger partial charge >= 0.3 is 5.97 Å². The minimum atomic E-state index is -0.875. The maximum Gasteiger partial charge on any atom is 0.307 e. The summed E-state index contributed by atoms with van der Waals surface area (Å²) < 4.78 is 0. The summed E-state index contributed by atoms with van der Waals surface area (Å²) in [4.78, 5) is 22.2. The van der Waals surface area contributed by atoms with Gasteiger partial charge in [0, 0.05) is 6.54 Å². The monoisotopic (exact) mass is 233 g/mol. The first kappa shape index (κ1) is 11.6. The molecular formula is C13H15NO3. The number of amides is 1. The van der Waals surface area contributed by atoms with Crippen molar-refractivity contribution < 1.29 is 14.7 Å². The molecule has 17 heavy (non-hydrogen) atoms. The smallest absolute Gasteiger partial charge is 0.307 e. The van der Waals surface area contributed by atoms with Crippen molar-refractivity contribution in [2.75, 3.05) is 0 Å². The van der Waals surface area contributed by atoms with Crippen LogP contribution in [0.1, 0.15) is 17.5 Å². The van der Waals surface area contributed by atoms with Crippen LogP contribution >= 0.6 is 0 Å². The van der Waals surface area contributed by atoms with Gasteiger partial charge < -0.3 is 10.4 Å². The zero-order valence-corrected chi connectivity index (χ0v) is 9.64. The first-order valence-electron chi connectivity index (χ1n) is 5.64. The highest BCUT2D eigenvalue weighted by Crippen LogP contribution is 2.38. The average molecular weight is 233 g/mol. The lowest BCUT2D eigenvalue weighted by atomic mass is 10.1. The van der Waals surface area contributed by atoms with Gasteiger partial charge in [0.05, 0.1) is 11.8 Å². The zero-order valence-electron chi connectivity index (χ0n) is 9.64. The molecule has 2 N–H and O–H groups in total. The molecule has 1 aromatic carbocycles. The summed E-state index contributed by atoms with van der Waals surface area (Å²) >= 11 is 0. The molecule has 0 saturated heterocycles. The molecule has 0 aliphatic heterocycles. The lowest BCUT2D eigenvalue weighted by Crippen LogP contribution is -2.25. The zero-order chi connectivity index (χ0) is 12.4. The van der Waals surface area contributed by atoms with E-state index in [9.17, 15) is 9.59 Å². The minimum Gasteiger partial charge on any atom is -0.481 e. The van der Waals surface area contributed by atoms with Crippen molar-refractivity contribution in [1.82, 2.24) is 5.32 Å². The van der Waals surface area contributed by atoms with Crippen molar-refractivity contribution in [1.29, 1.82) is 0 Å². The van der Waals surface area contributed by atoms with Gasteiger partial charge in [-0.3, -0.25) is 9.59 Å². The summed E-state index contributed by atoms with van der Waals surface area (Å²) in [6, 6.07) is 7.88. The third-order valence-electron chi connectivity index (χ3n) is 3.03. The van der Waals surface area contributed by atoms with Crippen LogP contribution in [-0.2, 0) is 16.1 Å². The topological polar surface area (TPSA) is 66.4 Å². The Morgan fingerprint density at radius 1 is 1.29 bits per heavy atom. The number of benzene rings is 1. The largest absolute Gasteiger partial charge is 0.481 e. The first-order chi connectivity index (χ1) is 8.08. The molecule has 1 fully saturated rings. The summed E-state index contributed by atoms with van der Waals surface area (Å²) in [7, 11) is 0. The molecule has 0 spiro atoms. The molecule has 4 nitrogen and oxygen atoms in total. The van der Waals surface area contributed by atoms with E-state index < -0.39 is 11.9 Å². The lowest BCUT2D eigenvalue weighted by molar-refractivity contribution is -0.140. The van der Waals surface area contributed by atoms with Crippen LogP contribution in [0.5, 0.6) is 0 Å². The molecule has 0 unspecified atom stereocenters. The highest BCUT2D eigenvalue weighted by molar-refractivity contribution is 5.89. The summed E-state index contributed by atoms with van der Waals surface area (Å²) in [6.45, 7) is 2.46. The molecule has 1 saturated carbocycles. The van der Waals surface area contributed by atoms with Gasteiger partial charge in [0.25, 0.3) is 0 Å². The van der Waals surface area contributed by atoms with Crippen LogP contribution in [-0.4, -0.2) is 17.0 Å². The molecule has 2 atom stereocenters. The van der Waals surface area contributed by atoms with E-state index in [1.54, 1.807) is 0 Å². The van der Waals surface area contributed by atoms with Crippen molar-refractivity contribution >= 4 is 11.9 Å². The fourth-order valence-electron chi connectivity index (χ4n) is 1.78. The Labute approximate surface area is 99.6 Å². The number of aliphatic carboxylic acids is 1. The van der Waals surface area contributed by atoms with Gasteiger partial charge in [-0.1, -0.05) is 29.8 Å². The number of carbonyl (C=O) groups is 2. The second-order valence-corrected chi connectivity index (χ2v) is 4.49. The molecule has 0 aromatic heterocycles. The molecule has 0 heterocycles. The van der Waals surface area contributed by atoms with Crippen LogP contribution in [0.2, 0.25) is 0 Å². The molecule has 2 rings (SSSR count). The average Bonchev–Trinajstić information content (AvgIpc) is 3.08. The molecular weight excluding hydrogens is 218 g/mol. The van der Waals surface area contributed by atoms with Crippen molar-refractivity contribution in [3.63, 3.8) is 0 Å². The Morgan fingerprint density at radius 2 is 1.94 bits per heavy atom. The van der Waals surface area contributed by atoms with Gasteiger partial charge in [0.2, 0.25) is 5.91 Å². The van der Waals surface area contributed by atoms with E-state index in [0.717, 1.165) is 5.56 Å². The molecule has 1 aromatic rings. The Morgan fingerprint density at radius 3 is 2.47 bits per heavy atom. The van der Waals surface area contributed by atoms with Crippen LogP contribution in [0, 0.1) is 18.8 Å². The number of carbonyl (C=O) groups excluding carboxylic acids is 1. The normalized spacial score (nSPS) is 21.9. The number of carboxylic acid groups (broad SMARTS) is 1. The summed E-state index contributed by atoms with van der Waals surface area (Å²) in [5.74, 6) is -1.84. The number of hydrogen-bond donors (Lipinski definition) is 2. The van der Waals surface area contributed by atoms with Crippen LogP contribution in [0.15, 0.2) is 24.3 Å². The molecule has 90 valence electrons. The van der Waals surface area contributed by atoms with E-state index in [1.165, 1.54) is 5.56 Å². The molecule has 0 radical (unpaired) electrons. The van der Waals surface area contributed by atoms with Crippen molar-refractivity contribution in [3.05, 3.63) is 35.4 Å². The van der Waals surface area contributed by atoms with Gasteiger partial charge in [-0.15, -0.1) is 0 Å². The third-order valence-corrected chi connectivity index (χ3v) is 3.03. The molecule has 4 heteroatoms. The Bertz CT molecular complexity index is 438. The fourth-order valence-corrected chi connectivity index (χ4v) is 1.78. The first-order valence-corrected chi connectivity index (χ1v) is 5.64. The molecule has 1 amide bonds. The third kappa shape index (κ3) is 2.84. The van der Waals surface area contributed by atoms with Crippen LogP contribution in [0.3, 0.4) is 0 Å². The van der Waals surface area contributed by atoms with Crippen molar-refractivity contribution in [2.24, 2.45) is 11.8 Å². The van der Waals surface area contributed by atoms with Crippen molar-refractivity contribution in [2.45, 2.75) is 19.9 Å². The summed E-state index contributed by atoms with van der Waals surface area (Å²) in [5, 5.41) is 11.5. The van der Waals surface area contributed by atoms with Gasteiger partial charge in [-0.05, 0) is 18.9 Å². The van der Waals surface area contributed by atoms with E-state index in [0.29, 0.717) is 13.0 Å². The second kappa shape index (κ2) is 4.57. The van der Waals surface area contributed by atoms with Gasteiger partial charge in [0.1, 0.15) is 0 Å². The van der Waals surface area contributed by atoms with Gasteiger partial charge in [0.15, 0.2) is 0 Å². The molecule has 0 bridgehead atoms. The van der Waals surface area contributed by atoms with Crippen LogP contribution < -0.4 is 5.32 Å². The molecule has 1 aliphatic rings. The predicted molar refractivity (Wildman–Crippen MR) is 62.3 cm³/mol. The van der Waals surface area contributed by atoms with E-state index in [1.807, 2.05) is 31.2 Å². The fraction of sp³-hybridized carbons (Fsp3) is 0.385. The Kier molecular flexibility index (Phi) is 3.13. The summed E-state index contributed by atoms with van der Waals surface area (Å²) in [6.07, 6.45) is 0.467. The number of nitrogens with one attached hydrogen (secondary N) is 1. The summed E-state index contributed by atoms with van der Waals surface area (Å²) in [5.41, 5.74) is 2.20. The van der Waals surface area contributed by atoms with E-state index in [2.05, 4.69) is 5.32 Å². The maximum atomic E-state index is 11.6. The standard InChI is InChI=1S/C13H15NO3/c1-8-2-4-9(5-3-8)7-14-12(15)10-6-11(10)13(16)17/h2-5,10-11H,6-7H2,1H3,(H,14,15)(H,16,17)/t10-,11+/m1/s1.